The van der Waals surface area contributed by atoms with Gasteiger partial charge in [-0.05, 0) is 17.7 Å². The molecule has 13 heavy (non-hydrogen) atoms. The summed E-state index contributed by atoms with van der Waals surface area (Å²) in [5.41, 5.74) is 11.1. The second-order valence-corrected chi connectivity index (χ2v) is 4.03. The second-order valence-electron chi connectivity index (χ2n) is 4.03. The molecule has 0 unspecified atom stereocenters. The Morgan fingerprint density at radius 3 is 2.08 bits per heavy atom. The monoisotopic (exact) mass is 180 g/mol. The van der Waals surface area contributed by atoms with E-state index in [2.05, 4.69) is 26.6 Å². The average Bonchev–Trinajstić information content (AvgIpc) is 2.03. The minimum Gasteiger partial charge on any atom is -0.326 e. The van der Waals surface area contributed by atoms with Crippen molar-refractivity contribution >= 4 is 5.69 Å². The van der Waals surface area contributed by atoms with E-state index in [-0.39, 0.29) is 0 Å². The number of nitrogens with two attached hydrogens (primary N) is 1. The van der Waals surface area contributed by atoms with Crippen molar-refractivity contribution in [2.45, 2.75) is 6.54 Å². The van der Waals surface area contributed by atoms with Gasteiger partial charge in [0.1, 0.15) is 0 Å². The fourth-order valence-electron chi connectivity index (χ4n) is 1.10. The lowest BCUT2D eigenvalue weighted by Crippen LogP contribution is -2.40. The molecule has 3 heteroatoms. The topological polar surface area (TPSA) is 38.0 Å². The van der Waals surface area contributed by atoms with Gasteiger partial charge in [-0.2, -0.15) is 0 Å². The lowest BCUT2D eigenvalue weighted by molar-refractivity contribution is -0.847. The van der Waals surface area contributed by atoms with Crippen LogP contribution in [0.25, 0.3) is 0 Å². The van der Waals surface area contributed by atoms with E-state index in [1.807, 2.05) is 24.3 Å². The summed E-state index contributed by atoms with van der Waals surface area (Å²) in [5.74, 6) is 0. The molecule has 0 spiro atoms. The van der Waals surface area contributed by atoms with Crippen LogP contribution < -0.4 is 11.2 Å². The van der Waals surface area contributed by atoms with Gasteiger partial charge in [0.05, 0.1) is 26.8 Å². The van der Waals surface area contributed by atoms with Crippen molar-refractivity contribution in [1.82, 2.24) is 0 Å². The molecule has 0 fully saturated rings. The molecule has 0 bridgehead atoms. The summed E-state index contributed by atoms with van der Waals surface area (Å²) in [4.78, 5) is 0. The van der Waals surface area contributed by atoms with Crippen LogP contribution in [-0.2, 0) is 6.54 Å². The molecule has 1 aromatic carbocycles. The first-order valence-electron chi connectivity index (χ1n) is 4.40. The highest BCUT2D eigenvalue weighted by Crippen LogP contribution is 2.10. The van der Waals surface area contributed by atoms with Crippen LogP contribution in [0.1, 0.15) is 5.56 Å². The first kappa shape index (κ1) is 10.0. The molecule has 0 aliphatic rings. The molecule has 0 radical (unpaired) electrons. The fourth-order valence-corrected chi connectivity index (χ4v) is 1.10. The van der Waals surface area contributed by atoms with Crippen LogP contribution >= 0.6 is 0 Å². The normalized spacial score (nSPS) is 11.4. The summed E-state index contributed by atoms with van der Waals surface area (Å²) < 4.78 is 0.710. The largest absolute Gasteiger partial charge is 0.326 e. The zero-order valence-corrected chi connectivity index (χ0v) is 8.54. The van der Waals surface area contributed by atoms with E-state index in [1.54, 1.807) is 0 Å². The van der Waals surface area contributed by atoms with Crippen LogP contribution in [0.2, 0.25) is 0 Å². The van der Waals surface area contributed by atoms with Crippen LogP contribution in [0.4, 0.5) is 5.69 Å². The smallest absolute Gasteiger partial charge is 0.0902 e. The van der Waals surface area contributed by atoms with Gasteiger partial charge < -0.3 is 5.73 Å². The van der Waals surface area contributed by atoms with Gasteiger partial charge in [-0.3, -0.25) is 0 Å². The Balaban J connectivity index is 2.70. The Labute approximate surface area is 79.7 Å². The predicted octanol–water partition coefficient (Wildman–Crippen LogP) is 1.18. The molecule has 3 N–H and O–H groups in total. The molecular weight excluding hydrogens is 162 g/mol. The van der Waals surface area contributed by atoms with Gasteiger partial charge in [0, 0.05) is 6.54 Å². The molecule has 0 aromatic heterocycles. The van der Waals surface area contributed by atoms with Gasteiger partial charge in [-0.1, -0.05) is 12.1 Å². The summed E-state index contributed by atoms with van der Waals surface area (Å²) in [6, 6.07) is 8.17. The van der Waals surface area contributed by atoms with Gasteiger partial charge in [0.2, 0.25) is 0 Å². The van der Waals surface area contributed by atoms with Crippen molar-refractivity contribution < 1.29 is 4.59 Å². The van der Waals surface area contributed by atoms with Crippen LogP contribution in [-0.4, -0.2) is 25.7 Å². The number of hydrogen-bond acceptors (Lipinski definition) is 2. The molecule has 1 rings (SSSR count). The Morgan fingerprint density at radius 1 is 1.15 bits per heavy atom. The highest BCUT2D eigenvalue weighted by Gasteiger charge is 2.05. The molecule has 0 atom stereocenters. The SMILES string of the molecule is C[N+](C)(C)Nc1ccc(CN)cc1. The molecular formula is C10H18N3+. The number of nitrogens with zero attached hydrogens (tertiary/aromatic N) is 1. The van der Waals surface area contributed by atoms with E-state index in [9.17, 15) is 0 Å². The Kier molecular flexibility index (Phi) is 2.90. The second kappa shape index (κ2) is 3.77. The predicted molar refractivity (Wildman–Crippen MR) is 56.0 cm³/mol. The minimum atomic E-state index is 0.602. The van der Waals surface area contributed by atoms with Crippen molar-refractivity contribution in [3.05, 3.63) is 29.8 Å². The maximum atomic E-state index is 5.50. The van der Waals surface area contributed by atoms with E-state index in [0.717, 1.165) is 11.3 Å². The number of nitrogens with one attached hydrogen (secondary N) is 1. The lowest BCUT2D eigenvalue weighted by Gasteiger charge is -2.24. The van der Waals surface area contributed by atoms with Crippen molar-refractivity contribution in [3.63, 3.8) is 0 Å². The van der Waals surface area contributed by atoms with Gasteiger partial charge in [-0.25, -0.2) is 10.0 Å². The number of anilines is 1. The van der Waals surface area contributed by atoms with Crippen LogP contribution in [0.3, 0.4) is 0 Å². The van der Waals surface area contributed by atoms with Crippen LogP contribution in [0, 0.1) is 0 Å². The molecule has 72 valence electrons. The summed E-state index contributed by atoms with van der Waals surface area (Å²) in [7, 11) is 6.24. The summed E-state index contributed by atoms with van der Waals surface area (Å²) in [6.45, 7) is 0.602. The van der Waals surface area contributed by atoms with E-state index in [1.165, 1.54) is 0 Å². The maximum absolute atomic E-state index is 5.50. The first-order chi connectivity index (χ1) is 6.01. The number of rotatable bonds is 3. The van der Waals surface area contributed by atoms with E-state index < -0.39 is 0 Å². The Hall–Kier alpha value is -1.06. The third-order valence-electron chi connectivity index (χ3n) is 1.65. The van der Waals surface area contributed by atoms with Crippen molar-refractivity contribution in [2.24, 2.45) is 5.73 Å². The van der Waals surface area contributed by atoms with Gasteiger partial charge in [0.25, 0.3) is 0 Å². The summed E-state index contributed by atoms with van der Waals surface area (Å²) in [6.07, 6.45) is 0. The fraction of sp³-hybridized carbons (Fsp3) is 0.400. The van der Waals surface area contributed by atoms with E-state index in [0.29, 0.717) is 11.1 Å². The standard InChI is InChI=1S/C10H18N3/c1-13(2,3)12-10-6-4-9(8-11)5-7-10/h4-7,12H,8,11H2,1-3H3/q+1. The zero-order valence-electron chi connectivity index (χ0n) is 8.54. The molecule has 0 saturated carbocycles. The number of hydrogen-bond donors (Lipinski definition) is 2. The number of quaternary nitrogens is 1. The molecule has 0 heterocycles. The number of benzene rings is 1. The Morgan fingerprint density at radius 2 is 1.69 bits per heavy atom. The minimum absolute atomic E-state index is 0.602. The highest BCUT2D eigenvalue weighted by atomic mass is 15.6. The van der Waals surface area contributed by atoms with Crippen molar-refractivity contribution in [1.29, 1.82) is 0 Å². The summed E-state index contributed by atoms with van der Waals surface area (Å²) >= 11 is 0. The van der Waals surface area contributed by atoms with Crippen LogP contribution in [0.15, 0.2) is 24.3 Å². The third kappa shape index (κ3) is 3.44. The van der Waals surface area contributed by atoms with Gasteiger partial charge in [0.15, 0.2) is 0 Å². The Bertz CT molecular complexity index is 258. The quantitative estimate of drug-likeness (QED) is 0.541. The van der Waals surface area contributed by atoms with Gasteiger partial charge in [-0.15, -0.1) is 0 Å². The van der Waals surface area contributed by atoms with E-state index >= 15 is 0 Å². The molecule has 3 nitrogen and oxygen atoms in total. The summed E-state index contributed by atoms with van der Waals surface area (Å²) in [5, 5.41) is 0. The molecule has 0 saturated heterocycles. The zero-order chi connectivity index (χ0) is 9.90. The van der Waals surface area contributed by atoms with Crippen molar-refractivity contribution in [2.75, 3.05) is 26.6 Å². The molecule has 1 aromatic rings. The van der Waals surface area contributed by atoms with Gasteiger partial charge >= 0.3 is 0 Å². The molecule has 0 aliphatic heterocycles. The van der Waals surface area contributed by atoms with Crippen LogP contribution in [0.5, 0.6) is 0 Å². The average molecular weight is 180 g/mol. The first-order valence-corrected chi connectivity index (χ1v) is 4.40. The highest BCUT2D eigenvalue weighted by molar-refractivity contribution is 5.42. The molecule has 0 amide bonds. The third-order valence-corrected chi connectivity index (χ3v) is 1.65. The maximum Gasteiger partial charge on any atom is 0.0902 e. The lowest BCUT2D eigenvalue weighted by atomic mass is 10.2. The molecule has 0 aliphatic carbocycles. The van der Waals surface area contributed by atoms with E-state index in [4.69, 9.17) is 5.73 Å². The van der Waals surface area contributed by atoms with Crippen molar-refractivity contribution in [3.8, 4) is 0 Å².